The molecular weight excluding hydrogens is 559 g/mol. The number of fused-ring (bicyclic) bond motifs is 2. The quantitative estimate of drug-likeness (QED) is 0.264. The lowest BCUT2D eigenvalue weighted by Crippen LogP contribution is -2.36. The number of hydrogen-bond donors (Lipinski definition) is 3. The van der Waals surface area contributed by atoms with Crippen LogP contribution in [-0.4, -0.2) is 33.4 Å². The zero-order valence-corrected chi connectivity index (χ0v) is 22.2. The van der Waals surface area contributed by atoms with Gasteiger partial charge in [-0.05, 0) is 47.9 Å². The van der Waals surface area contributed by atoms with Gasteiger partial charge < -0.3 is 20.5 Å². The zero-order chi connectivity index (χ0) is 29.6. The van der Waals surface area contributed by atoms with Gasteiger partial charge in [-0.1, -0.05) is 25.4 Å². The number of carbonyl (C=O) groups excluding carboxylic acids is 2. The fraction of sp³-hybridized carbons (Fsp3) is 0.231. The Morgan fingerprint density at radius 2 is 1.70 bits per heavy atom. The molecule has 0 unspecified atom stereocenters. The van der Waals surface area contributed by atoms with Crippen molar-refractivity contribution < 1.29 is 31.5 Å². The second-order valence-electron chi connectivity index (χ2n) is 7.94. The summed E-state index contributed by atoms with van der Waals surface area (Å²) in [6.45, 7) is 3.89. The van der Waals surface area contributed by atoms with E-state index in [1.54, 1.807) is 0 Å². The van der Waals surface area contributed by atoms with Crippen LogP contribution in [0.1, 0.15) is 35.7 Å². The SMILES string of the molecule is CC.CNC(=O)c1nc(Nc2nccc3c(C(F)(F)F)cc(F)cc23)c2n1CC(=O)NC2.Fc1ccc(Cl)cc1. The van der Waals surface area contributed by atoms with Crippen LogP contribution in [-0.2, 0) is 24.1 Å². The predicted molar refractivity (Wildman–Crippen MR) is 140 cm³/mol. The van der Waals surface area contributed by atoms with Crippen LogP contribution in [0.5, 0.6) is 0 Å². The van der Waals surface area contributed by atoms with Crippen molar-refractivity contribution in [3.63, 3.8) is 0 Å². The number of pyridine rings is 1. The third-order valence-corrected chi connectivity index (χ3v) is 5.70. The predicted octanol–water partition coefficient (Wildman–Crippen LogP) is 5.83. The fourth-order valence-electron chi connectivity index (χ4n) is 3.73. The summed E-state index contributed by atoms with van der Waals surface area (Å²) in [6, 6.07) is 8.16. The normalized spacial score (nSPS) is 12.3. The van der Waals surface area contributed by atoms with Crippen LogP contribution in [0.3, 0.4) is 0 Å². The highest BCUT2D eigenvalue weighted by Gasteiger charge is 2.34. The van der Waals surface area contributed by atoms with E-state index in [-0.39, 0.29) is 53.0 Å². The molecule has 2 aromatic carbocycles. The smallest absolute Gasteiger partial charge is 0.352 e. The third kappa shape index (κ3) is 6.84. The van der Waals surface area contributed by atoms with Gasteiger partial charge in [0.15, 0.2) is 5.82 Å². The molecule has 0 atom stereocenters. The first-order valence-corrected chi connectivity index (χ1v) is 12.3. The lowest BCUT2D eigenvalue weighted by atomic mass is 10.0. The van der Waals surface area contributed by atoms with Crippen LogP contribution in [0.15, 0.2) is 48.7 Å². The standard InChI is InChI=1S/C18H14F4N6O2.C6H4ClF.C2H6/c1-23-17(30)16-27-15(12-6-25-13(29)7-28(12)16)26-14-10-4-8(19)5-11(18(20,21)22)9(10)2-3-24-14;7-5-1-3-6(8)4-2-5;1-2/h2-5H,6-7H2,1H3,(H,23,30)(H,24,26)(H,25,29);1-4H;1-2H3. The number of hydrogen-bond acceptors (Lipinski definition) is 5. The first-order valence-electron chi connectivity index (χ1n) is 11.9. The van der Waals surface area contributed by atoms with Crippen LogP contribution >= 0.6 is 11.6 Å². The first-order chi connectivity index (χ1) is 19.0. The largest absolute Gasteiger partial charge is 0.417 e. The molecule has 0 aliphatic carbocycles. The van der Waals surface area contributed by atoms with Gasteiger partial charge >= 0.3 is 6.18 Å². The maximum Gasteiger partial charge on any atom is 0.417 e. The van der Waals surface area contributed by atoms with Crippen molar-refractivity contribution in [1.82, 2.24) is 25.2 Å². The Kier molecular flexibility index (Phi) is 9.64. The van der Waals surface area contributed by atoms with Gasteiger partial charge in [0.05, 0.1) is 17.8 Å². The van der Waals surface area contributed by atoms with E-state index in [0.717, 1.165) is 18.3 Å². The number of amides is 2. The molecule has 0 bridgehead atoms. The van der Waals surface area contributed by atoms with E-state index in [9.17, 15) is 31.5 Å². The monoisotopic (exact) mass is 582 g/mol. The van der Waals surface area contributed by atoms with Crippen LogP contribution in [0.25, 0.3) is 10.8 Å². The molecule has 0 spiro atoms. The number of alkyl halides is 3. The molecule has 3 N–H and O–H groups in total. The Balaban J connectivity index is 0.000000376. The molecule has 0 saturated carbocycles. The molecule has 0 fully saturated rings. The van der Waals surface area contributed by atoms with Crippen molar-refractivity contribution in [2.24, 2.45) is 0 Å². The molecule has 3 heterocycles. The van der Waals surface area contributed by atoms with Crippen molar-refractivity contribution in [1.29, 1.82) is 0 Å². The maximum absolute atomic E-state index is 13.9. The molecule has 1 aliphatic heterocycles. The first kappa shape index (κ1) is 30.3. The molecule has 8 nitrogen and oxygen atoms in total. The minimum atomic E-state index is -4.76. The minimum Gasteiger partial charge on any atom is -0.352 e. The van der Waals surface area contributed by atoms with Gasteiger partial charge in [-0.25, -0.2) is 18.7 Å². The summed E-state index contributed by atoms with van der Waals surface area (Å²) in [7, 11) is 1.40. The average molecular weight is 583 g/mol. The summed E-state index contributed by atoms with van der Waals surface area (Å²) < 4.78 is 67.4. The van der Waals surface area contributed by atoms with Crippen LogP contribution in [0, 0.1) is 11.6 Å². The summed E-state index contributed by atoms with van der Waals surface area (Å²) in [5.41, 5.74) is -0.701. The molecule has 4 aromatic rings. The summed E-state index contributed by atoms with van der Waals surface area (Å²) in [5.74, 6) is -2.20. The summed E-state index contributed by atoms with van der Waals surface area (Å²) in [5, 5.41) is 8.03. The molecule has 1 aliphatic rings. The molecule has 0 saturated heterocycles. The lowest BCUT2D eigenvalue weighted by molar-refractivity contribution is -0.136. The second-order valence-corrected chi connectivity index (χ2v) is 8.38. The number of carbonyl (C=O) groups is 2. The van der Waals surface area contributed by atoms with Crippen molar-refractivity contribution in [3.05, 3.63) is 82.4 Å². The zero-order valence-electron chi connectivity index (χ0n) is 21.5. The Bertz CT molecular complexity index is 1500. The molecule has 5 rings (SSSR count). The summed E-state index contributed by atoms with van der Waals surface area (Å²) in [6.07, 6.45) is -3.61. The summed E-state index contributed by atoms with van der Waals surface area (Å²) in [4.78, 5) is 32.1. The minimum absolute atomic E-state index is 0.0398. The van der Waals surface area contributed by atoms with Gasteiger partial charge in [0, 0.05) is 23.7 Å². The van der Waals surface area contributed by atoms with Gasteiger partial charge in [0.2, 0.25) is 11.7 Å². The van der Waals surface area contributed by atoms with Crippen LogP contribution < -0.4 is 16.0 Å². The van der Waals surface area contributed by atoms with E-state index < -0.39 is 23.5 Å². The highest BCUT2D eigenvalue weighted by atomic mass is 35.5. The number of imidazole rings is 1. The molecule has 2 aromatic heterocycles. The number of aromatic nitrogens is 3. The lowest BCUT2D eigenvalue weighted by Gasteiger charge is -2.18. The van der Waals surface area contributed by atoms with Crippen LogP contribution in [0.4, 0.5) is 33.6 Å². The number of halogens is 6. The number of benzene rings is 2. The third-order valence-electron chi connectivity index (χ3n) is 5.45. The topological polar surface area (TPSA) is 101 Å². The molecule has 40 heavy (non-hydrogen) atoms. The highest BCUT2D eigenvalue weighted by molar-refractivity contribution is 6.30. The molecule has 212 valence electrons. The second kappa shape index (κ2) is 12.7. The van der Waals surface area contributed by atoms with Gasteiger partial charge in [0.1, 0.15) is 24.0 Å². The molecule has 14 heteroatoms. The molecule has 2 amide bonds. The number of anilines is 2. The Labute approximate surface area is 230 Å². The van der Waals surface area contributed by atoms with Gasteiger partial charge in [-0.15, -0.1) is 0 Å². The van der Waals surface area contributed by atoms with Crippen molar-refractivity contribution in [2.45, 2.75) is 33.1 Å². The average Bonchev–Trinajstić information content (AvgIpc) is 3.28. The van der Waals surface area contributed by atoms with E-state index in [0.29, 0.717) is 16.8 Å². The maximum atomic E-state index is 13.9. The Morgan fingerprint density at radius 3 is 2.30 bits per heavy atom. The van der Waals surface area contributed by atoms with Gasteiger partial charge in [0.25, 0.3) is 5.91 Å². The number of rotatable bonds is 3. The Hall–Kier alpha value is -4.26. The summed E-state index contributed by atoms with van der Waals surface area (Å²) >= 11 is 5.44. The van der Waals surface area contributed by atoms with E-state index in [2.05, 4.69) is 25.9 Å². The van der Waals surface area contributed by atoms with Crippen molar-refractivity contribution in [3.8, 4) is 0 Å². The molecule has 0 radical (unpaired) electrons. The fourth-order valence-corrected chi connectivity index (χ4v) is 3.85. The van der Waals surface area contributed by atoms with E-state index >= 15 is 0 Å². The van der Waals surface area contributed by atoms with Crippen molar-refractivity contribution >= 4 is 45.8 Å². The number of nitrogens with one attached hydrogen (secondary N) is 3. The highest BCUT2D eigenvalue weighted by Crippen LogP contribution is 2.38. The van der Waals surface area contributed by atoms with E-state index in [1.165, 1.54) is 35.9 Å². The van der Waals surface area contributed by atoms with Crippen LogP contribution in [0.2, 0.25) is 5.02 Å². The van der Waals surface area contributed by atoms with Gasteiger partial charge in [-0.2, -0.15) is 13.2 Å². The molecular formula is C26H24ClF5N6O2. The van der Waals surface area contributed by atoms with E-state index in [1.807, 2.05) is 13.8 Å². The number of nitrogens with zero attached hydrogens (tertiary/aromatic N) is 3. The Morgan fingerprint density at radius 1 is 1.02 bits per heavy atom. The van der Waals surface area contributed by atoms with Crippen molar-refractivity contribution in [2.75, 3.05) is 12.4 Å². The van der Waals surface area contributed by atoms with E-state index in [4.69, 9.17) is 11.6 Å². The van der Waals surface area contributed by atoms with Gasteiger partial charge in [-0.3, -0.25) is 9.59 Å².